The van der Waals surface area contributed by atoms with E-state index >= 15 is 0 Å². The van der Waals surface area contributed by atoms with Gasteiger partial charge in [0.15, 0.2) is 0 Å². The van der Waals surface area contributed by atoms with Crippen molar-refractivity contribution in [2.24, 2.45) is 11.8 Å². The third-order valence-corrected chi connectivity index (χ3v) is 8.22. The molecule has 43 heavy (non-hydrogen) atoms. The molecule has 5 N–H and O–H groups in total. The molecule has 1 aliphatic heterocycles. The van der Waals surface area contributed by atoms with E-state index in [0.717, 1.165) is 19.3 Å². The molecule has 4 unspecified atom stereocenters. The standard InChI is InChI=1S/C30H51N7O6/c1-9-36(19(6)25(38)28(41)33-20-12-10-13-20)29(42)22-14-11-15-37(22)30(43)24(18(4)5)35-27(40)23(17(2)3)34-26(39)21(32-8)16-31-7/h16-20,22-24,31-32H,9-15H2,1-8H3,(H,33,41)(H,34,39)(H,35,40)/b21-16-. The van der Waals surface area contributed by atoms with E-state index in [1.165, 1.54) is 22.9 Å². The summed E-state index contributed by atoms with van der Waals surface area (Å²) in [4.78, 5) is 82.0. The first kappa shape index (κ1) is 35.6. The van der Waals surface area contributed by atoms with Gasteiger partial charge in [-0.15, -0.1) is 0 Å². The minimum Gasteiger partial charge on any atom is -0.392 e. The smallest absolute Gasteiger partial charge is 0.289 e. The van der Waals surface area contributed by atoms with Crippen LogP contribution in [0.25, 0.3) is 0 Å². The lowest BCUT2D eigenvalue weighted by Crippen LogP contribution is -2.60. The summed E-state index contributed by atoms with van der Waals surface area (Å²) in [5, 5.41) is 13.8. The van der Waals surface area contributed by atoms with Crippen LogP contribution in [0, 0.1) is 11.8 Å². The molecule has 0 aromatic heterocycles. The molecule has 2 fully saturated rings. The fourth-order valence-corrected chi connectivity index (χ4v) is 5.32. The number of nitrogens with one attached hydrogen (secondary N) is 5. The Labute approximate surface area is 255 Å². The predicted molar refractivity (Wildman–Crippen MR) is 162 cm³/mol. The molecule has 1 aliphatic carbocycles. The molecule has 0 aromatic carbocycles. The summed E-state index contributed by atoms with van der Waals surface area (Å²) in [5.74, 6) is -3.76. The lowest BCUT2D eigenvalue weighted by molar-refractivity contribution is -0.151. The Bertz CT molecular complexity index is 1070. The molecule has 242 valence electrons. The van der Waals surface area contributed by atoms with Crippen molar-refractivity contribution in [2.75, 3.05) is 27.2 Å². The van der Waals surface area contributed by atoms with Gasteiger partial charge in [-0.2, -0.15) is 0 Å². The Morgan fingerprint density at radius 3 is 1.98 bits per heavy atom. The molecule has 0 aromatic rings. The van der Waals surface area contributed by atoms with E-state index in [-0.39, 0.29) is 30.1 Å². The van der Waals surface area contributed by atoms with Gasteiger partial charge >= 0.3 is 0 Å². The van der Waals surface area contributed by atoms with Gasteiger partial charge in [-0.25, -0.2) is 0 Å². The second-order valence-corrected chi connectivity index (χ2v) is 12.0. The van der Waals surface area contributed by atoms with E-state index in [2.05, 4.69) is 26.6 Å². The zero-order valence-corrected chi connectivity index (χ0v) is 26.9. The molecular formula is C30H51N7O6. The van der Waals surface area contributed by atoms with Gasteiger partial charge in [0.05, 0.1) is 6.04 Å². The Hall–Kier alpha value is -3.64. The molecule has 1 saturated heterocycles. The van der Waals surface area contributed by atoms with Crippen molar-refractivity contribution in [1.29, 1.82) is 0 Å². The average molecular weight is 606 g/mol. The molecule has 13 nitrogen and oxygen atoms in total. The van der Waals surface area contributed by atoms with Gasteiger partial charge in [0.25, 0.3) is 11.8 Å². The molecule has 0 radical (unpaired) electrons. The quantitative estimate of drug-likeness (QED) is 0.129. The summed E-state index contributed by atoms with van der Waals surface area (Å²) in [6.07, 6.45) is 5.15. The van der Waals surface area contributed by atoms with Crippen LogP contribution in [0.4, 0.5) is 0 Å². The summed E-state index contributed by atoms with van der Waals surface area (Å²) in [7, 11) is 3.24. The number of carbonyl (C=O) groups excluding carboxylic acids is 6. The van der Waals surface area contributed by atoms with E-state index in [9.17, 15) is 28.8 Å². The van der Waals surface area contributed by atoms with E-state index in [1.807, 2.05) is 0 Å². The summed E-state index contributed by atoms with van der Waals surface area (Å²) in [5.41, 5.74) is 0.240. The topological polar surface area (TPSA) is 169 Å². The minimum atomic E-state index is -0.981. The number of hydrogen-bond donors (Lipinski definition) is 5. The summed E-state index contributed by atoms with van der Waals surface area (Å²) >= 11 is 0. The van der Waals surface area contributed by atoms with Gasteiger partial charge in [0.1, 0.15) is 23.8 Å². The number of hydrogen-bond acceptors (Lipinski definition) is 8. The third-order valence-electron chi connectivity index (χ3n) is 8.22. The largest absolute Gasteiger partial charge is 0.392 e. The van der Waals surface area contributed by atoms with Crippen LogP contribution in [0.2, 0.25) is 0 Å². The normalized spacial score (nSPS) is 19.2. The van der Waals surface area contributed by atoms with Crippen molar-refractivity contribution < 1.29 is 28.8 Å². The van der Waals surface area contributed by atoms with Gasteiger partial charge in [-0.05, 0) is 57.8 Å². The third kappa shape index (κ3) is 8.93. The van der Waals surface area contributed by atoms with Crippen LogP contribution in [0.15, 0.2) is 11.9 Å². The summed E-state index contributed by atoms with van der Waals surface area (Å²) in [6, 6.07) is -3.66. The van der Waals surface area contributed by atoms with Crippen LogP contribution >= 0.6 is 0 Å². The minimum absolute atomic E-state index is 0.000611. The number of amides is 5. The molecule has 0 spiro atoms. The maximum atomic E-state index is 13.9. The summed E-state index contributed by atoms with van der Waals surface area (Å²) in [6.45, 7) is 11.0. The Balaban J connectivity index is 2.18. The molecule has 0 bridgehead atoms. The zero-order valence-electron chi connectivity index (χ0n) is 26.9. The molecule has 13 heteroatoms. The molecule has 1 saturated carbocycles. The molecule has 2 aliphatic rings. The molecular weight excluding hydrogens is 554 g/mol. The maximum Gasteiger partial charge on any atom is 0.289 e. The van der Waals surface area contributed by atoms with Gasteiger partial charge in [-0.3, -0.25) is 28.8 Å². The van der Waals surface area contributed by atoms with Crippen LogP contribution in [0.1, 0.15) is 73.6 Å². The highest BCUT2D eigenvalue weighted by atomic mass is 16.2. The predicted octanol–water partition coefficient (Wildman–Crippen LogP) is 0.0140. The van der Waals surface area contributed by atoms with E-state index in [4.69, 9.17) is 0 Å². The van der Waals surface area contributed by atoms with Crippen LogP contribution in [0.3, 0.4) is 0 Å². The van der Waals surface area contributed by atoms with Crippen molar-refractivity contribution in [3.05, 3.63) is 11.9 Å². The number of rotatable bonds is 15. The van der Waals surface area contributed by atoms with Crippen LogP contribution in [-0.4, -0.2) is 103 Å². The SMILES string of the molecule is CCN(C(=O)C1CCCN1C(=O)C(NC(=O)C(NC(=O)/C(=C/NC)NC)C(C)C)C(C)C)C(C)C(=O)C(=O)NC1CCC1. The fraction of sp³-hybridized carbons (Fsp3) is 0.733. The maximum absolute atomic E-state index is 13.9. The Kier molecular flexibility index (Phi) is 13.5. The van der Waals surface area contributed by atoms with Gasteiger partial charge in [0.2, 0.25) is 23.5 Å². The molecule has 1 heterocycles. The van der Waals surface area contributed by atoms with E-state index in [1.54, 1.807) is 48.7 Å². The number of likely N-dealkylation sites (N-methyl/N-ethyl adjacent to an activating group) is 2. The average Bonchev–Trinajstić information content (AvgIpc) is 3.44. The molecule has 2 rings (SSSR count). The number of Topliss-reactive ketones (excluding diaryl/α,β-unsaturated/α-hetero) is 1. The van der Waals surface area contributed by atoms with E-state index < -0.39 is 59.5 Å². The van der Waals surface area contributed by atoms with Crippen molar-refractivity contribution in [1.82, 2.24) is 36.4 Å². The lowest BCUT2D eigenvalue weighted by atomic mass is 9.93. The Morgan fingerprint density at radius 2 is 1.49 bits per heavy atom. The highest BCUT2D eigenvalue weighted by Gasteiger charge is 2.43. The van der Waals surface area contributed by atoms with Crippen LogP contribution in [-0.2, 0) is 28.8 Å². The monoisotopic (exact) mass is 605 g/mol. The summed E-state index contributed by atoms with van der Waals surface area (Å²) < 4.78 is 0. The van der Waals surface area contributed by atoms with Crippen molar-refractivity contribution >= 4 is 35.3 Å². The molecule has 5 amide bonds. The first-order chi connectivity index (χ1) is 20.3. The number of likely N-dealkylation sites (tertiary alicyclic amines) is 1. The zero-order chi connectivity index (χ0) is 32.4. The lowest BCUT2D eigenvalue weighted by Gasteiger charge is -2.35. The number of carbonyl (C=O) groups is 6. The fourth-order valence-electron chi connectivity index (χ4n) is 5.32. The van der Waals surface area contributed by atoms with Crippen molar-refractivity contribution in [3.63, 3.8) is 0 Å². The van der Waals surface area contributed by atoms with Gasteiger partial charge < -0.3 is 36.4 Å². The van der Waals surface area contributed by atoms with Crippen LogP contribution < -0.4 is 26.6 Å². The van der Waals surface area contributed by atoms with Crippen molar-refractivity contribution in [3.8, 4) is 0 Å². The number of ketones is 1. The first-order valence-corrected chi connectivity index (χ1v) is 15.4. The molecule has 4 atom stereocenters. The van der Waals surface area contributed by atoms with Crippen molar-refractivity contribution in [2.45, 2.75) is 104 Å². The van der Waals surface area contributed by atoms with Gasteiger partial charge in [0, 0.05) is 39.4 Å². The van der Waals surface area contributed by atoms with Crippen LogP contribution in [0.5, 0.6) is 0 Å². The van der Waals surface area contributed by atoms with Gasteiger partial charge in [-0.1, -0.05) is 27.7 Å². The number of nitrogens with zero attached hydrogens (tertiary/aromatic N) is 2. The highest BCUT2D eigenvalue weighted by molar-refractivity contribution is 6.38. The second kappa shape index (κ2) is 16.3. The highest BCUT2D eigenvalue weighted by Crippen LogP contribution is 2.24. The second-order valence-electron chi connectivity index (χ2n) is 12.0. The first-order valence-electron chi connectivity index (χ1n) is 15.4. The van der Waals surface area contributed by atoms with E-state index in [0.29, 0.717) is 19.4 Å². The Morgan fingerprint density at radius 1 is 0.860 bits per heavy atom.